The second-order valence-electron chi connectivity index (χ2n) is 4.10. The van der Waals surface area contributed by atoms with Crippen molar-refractivity contribution in [3.63, 3.8) is 0 Å². The summed E-state index contributed by atoms with van der Waals surface area (Å²) in [6.07, 6.45) is 1.78. The molecule has 1 aliphatic heterocycles. The Hall–Kier alpha value is -1.36. The highest BCUT2D eigenvalue weighted by Gasteiger charge is 2.19. The molecule has 0 bridgehead atoms. The maximum atomic E-state index is 11.8. The number of hydrogen-bond donors (Lipinski definition) is 1. The SMILES string of the molecule is Cl.Cl.O=C1CNCCN1c1ccc2ncccc2c1. The first kappa shape index (κ1) is 15.7. The van der Waals surface area contributed by atoms with Crippen molar-refractivity contribution in [2.75, 3.05) is 24.5 Å². The Balaban J connectivity index is 0.000000902. The maximum Gasteiger partial charge on any atom is 0.240 e. The second kappa shape index (κ2) is 6.70. The molecule has 2 heterocycles. The zero-order valence-corrected chi connectivity index (χ0v) is 11.8. The molecule has 1 amide bonds. The molecule has 6 heteroatoms. The van der Waals surface area contributed by atoms with Crippen molar-refractivity contribution in [3.8, 4) is 0 Å². The van der Waals surface area contributed by atoms with Crippen LogP contribution in [0.5, 0.6) is 0 Å². The van der Waals surface area contributed by atoms with Crippen LogP contribution >= 0.6 is 24.8 Å². The first-order chi connectivity index (χ1) is 8.34. The van der Waals surface area contributed by atoms with Crippen LogP contribution < -0.4 is 10.2 Å². The highest BCUT2D eigenvalue weighted by atomic mass is 35.5. The van der Waals surface area contributed by atoms with Gasteiger partial charge in [-0.2, -0.15) is 0 Å². The van der Waals surface area contributed by atoms with Gasteiger partial charge >= 0.3 is 0 Å². The van der Waals surface area contributed by atoms with Gasteiger partial charge in [-0.25, -0.2) is 0 Å². The summed E-state index contributed by atoms with van der Waals surface area (Å²) in [5.41, 5.74) is 1.91. The highest BCUT2D eigenvalue weighted by Crippen LogP contribution is 2.21. The van der Waals surface area contributed by atoms with Crippen molar-refractivity contribution >= 4 is 47.3 Å². The highest BCUT2D eigenvalue weighted by molar-refractivity contribution is 5.97. The summed E-state index contributed by atoms with van der Waals surface area (Å²) in [5, 5.41) is 4.13. The average Bonchev–Trinajstić information content (AvgIpc) is 2.39. The number of halogens is 2. The fourth-order valence-electron chi connectivity index (χ4n) is 2.11. The topological polar surface area (TPSA) is 45.2 Å². The summed E-state index contributed by atoms with van der Waals surface area (Å²) in [6.45, 7) is 1.99. The van der Waals surface area contributed by atoms with E-state index in [1.807, 2.05) is 35.2 Å². The van der Waals surface area contributed by atoms with Crippen LogP contribution in [0, 0.1) is 0 Å². The summed E-state index contributed by atoms with van der Waals surface area (Å²) in [5.74, 6) is 0.125. The third-order valence-electron chi connectivity index (χ3n) is 2.99. The Bertz CT molecular complexity index is 577. The molecule has 19 heavy (non-hydrogen) atoms. The van der Waals surface area contributed by atoms with E-state index < -0.39 is 0 Å². The number of rotatable bonds is 1. The van der Waals surface area contributed by atoms with Crippen LogP contribution in [-0.4, -0.2) is 30.5 Å². The van der Waals surface area contributed by atoms with Crippen LogP contribution in [0.3, 0.4) is 0 Å². The molecule has 3 rings (SSSR count). The van der Waals surface area contributed by atoms with Crippen molar-refractivity contribution in [2.24, 2.45) is 0 Å². The number of piperazine rings is 1. The van der Waals surface area contributed by atoms with Crippen LogP contribution in [0.1, 0.15) is 0 Å². The van der Waals surface area contributed by atoms with Gasteiger partial charge in [-0.05, 0) is 24.3 Å². The van der Waals surface area contributed by atoms with Gasteiger partial charge in [0.2, 0.25) is 5.91 Å². The molecule has 4 nitrogen and oxygen atoms in total. The fourth-order valence-corrected chi connectivity index (χ4v) is 2.11. The van der Waals surface area contributed by atoms with Gasteiger partial charge in [0.25, 0.3) is 0 Å². The first-order valence-corrected chi connectivity index (χ1v) is 5.70. The van der Waals surface area contributed by atoms with E-state index in [9.17, 15) is 4.79 Å². The number of carbonyl (C=O) groups excluding carboxylic acids is 1. The van der Waals surface area contributed by atoms with E-state index in [4.69, 9.17) is 0 Å². The number of benzene rings is 1. The van der Waals surface area contributed by atoms with E-state index in [1.165, 1.54) is 0 Å². The minimum atomic E-state index is 0. The molecule has 1 saturated heterocycles. The van der Waals surface area contributed by atoms with Gasteiger partial charge < -0.3 is 10.2 Å². The molecule has 0 saturated carbocycles. The molecule has 102 valence electrons. The van der Waals surface area contributed by atoms with Gasteiger partial charge in [-0.1, -0.05) is 6.07 Å². The molecule has 0 atom stereocenters. The number of aromatic nitrogens is 1. The van der Waals surface area contributed by atoms with E-state index in [-0.39, 0.29) is 30.7 Å². The van der Waals surface area contributed by atoms with Crippen LogP contribution in [0.4, 0.5) is 5.69 Å². The number of pyridine rings is 1. The Kier molecular flexibility index (Phi) is 5.54. The number of nitrogens with one attached hydrogen (secondary N) is 1. The number of nitrogens with zero attached hydrogens (tertiary/aromatic N) is 2. The van der Waals surface area contributed by atoms with E-state index in [1.54, 1.807) is 6.20 Å². The molecule has 1 aliphatic rings. The molecular formula is C13H15Cl2N3O. The van der Waals surface area contributed by atoms with Gasteiger partial charge in [-0.3, -0.25) is 9.78 Å². The number of hydrogen-bond acceptors (Lipinski definition) is 3. The predicted molar refractivity (Wildman–Crippen MR) is 81.5 cm³/mol. The Morgan fingerprint density at radius 3 is 2.84 bits per heavy atom. The molecule has 1 aromatic heterocycles. The Morgan fingerprint density at radius 1 is 1.21 bits per heavy atom. The third kappa shape index (κ3) is 3.15. The van der Waals surface area contributed by atoms with Gasteiger partial charge in [0.1, 0.15) is 0 Å². The van der Waals surface area contributed by atoms with Gasteiger partial charge in [0.15, 0.2) is 0 Å². The Labute approximate surface area is 124 Å². The van der Waals surface area contributed by atoms with Crippen LogP contribution in [-0.2, 0) is 4.79 Å². The van der Waals surface area contributed by atoms with Crippen LogP contribution in [0.2, 0.25) is 0 Å². The first-order valence-electron chi connectivity index (χ1n) is 5.70. The third-order valence-corrected chi connectivity index (χ3v) is 2.99. The zero-order chi connectivity index (χ0) is 11.7. The minimum absolute atomic E-state index is 0. The summed E-state index contributed by atoms with van der Waals surface area (Å²) in [4.78, 5) is 17.9. The van der Waals surface area contributed by atoms with Crippen molar-refractivity contribution in [1.29, 1.82) is 0 Å². The van der Waals surface area contributed by atoms with E-state index in [0.29, 0.717) is 6.54 Å². The molecule has 0 aliphatic carbocycles. The number of fused-ring (bicyclic) bond motifs is 1. The standard InChI is InChI=1S/C13H13N3O.2ClH/c17-13-9-14-6-7-16(13)11-3-4-12-10(8-11)2-1-5-15-12;;/h1-5,8,14H,6-7,9H2;2*1H. The molecule has 0 radical (unpaired) electrons. The summed E-state index contributed by atoms with van der Waals surface area (Å²) in [6, 6.07) is 9.86. The van der Waals surface area contributed by atoms with Crippen LogP contribution in [0.15, 0.2) is 36.5 Å². The summed E-state index contributed by atoms with van der Waals surface area (Å²) < 4.78 is 0. The maximum absolute atomic E-state index is 11.8. The van der Waals surface area contributed by atoms with Gasteiger partial charge in [0.05, 0.1) is 12.1 Å². The Morgan fingerprint density at radius 2 is 2.05 bits per heavy atom. The number of carbonyl (C=O) groups is 1. The summed E-state index contributed by atoms with van der Waals surface area (Å²) in [7, 11) is 0. The number of anilines is 1. The molecule has 2 aromatic rings. The van der Waals surface area contributed by atoms with Crippen molar-refractivity contribution in [2.45, 2.75) is 0 Å². The van der Waals surface area contributed by atoms with Crippen molar-refractivity contribution in [1.82, 2.24) is 10.3 Å². The molecule has 1 aromatic carbocycles. The predicted octanol–water partition coefficient (Wildman–Crippen LogP) is 2.01. The zero-order valence-electron chi connectivity index (χ0n) is 10.2. The monoisotopic (exact) mass is 299 g/mol. The van der Waals surface area contributed by atoms with Crippen molar-refractivity contribution < 1.29 is 4.79 Å². The molecular weight excluding hydrogens is 285 g/mol. The lowest BCUT2D eigenvalue weighted by Gasteiger charge is -2.27. The minimum Gasteiger partial charge on any atom is -0.310 e. The van der Waals surface area contributed by atoms with Crippen LogP contribution in [0.25, 0.3) is 10.9 Å². The second-order valence-corrected chi connectivity index (χ2v) is 4.10. The van der Waals surface area contributed by atoms with Gasteiger partial charge in [0, 0.05) is 30.4 Å². The lowest BCUT2D eigenvalue weighted by atomic mass is 10.1. The van der Waals surface area contributed by atoms with E-state index >= 15 is 0 Å². The molecule has 0 spiro atoms. The number of amides is 1. The fraction of sp³-hybridized carbons (Fsp3) is 0.231. The quantitative estimate of drug-likeness (QED) is 0.876. The van der Waals surface area contributed by atoms with E-state index in [0.717, 1.165) is 29.7 Å². The lowest BCUT2D eigenvalue weighted by molar-refractivity contribution is -0.118. The molecule has 0 unspecified atom stereocenters. The van der Waals surface area contributed by atoms with Crippen molar-refractivity contribution in [3.05, 3.63) is 36.5 Å². The molecule has 1 N–H and O–H groups in total. The smallest absolute Gasteiger partial charge is 0.240 e. The van der Waals surface area contributed by atoms with Gasteiger partial charge in [-0.15, -0.1) is 24.8 Å². The summed E-state index contributed by atoms with van der Waals surface area (Å²) >= 11 is 0. The molecule has 1 fully saturated rings. The largest absolute Gasteiger partial charge is 0.310 e. The lowest BCUT2D eigenvalue weighted by Crippen LogP contribution is -2.48. The normalized spacial score (nSPS) is 14.7. The van der Waals surface area contributed by atoms with E-state index in [2.05, 4.69) is 10.3 Å². The average molecular weight is 300 g/mol.